The monoisotopic (exact) mass is 736 g/mol. The lowest BCUT2D eigenvalue weighted by Crippen LogP contribution is -2.14. The summed E-state index contributed by atoms with van der Waals surface area (Å²) in [7, 11) is 0. The minimum atomic E-state index is 0.153. The second-order valence-corrected chi connectivity index (χ2v) is 15.4. The van der Waals surface area contributed by atoms with Crippen LogP contribution in [0.1, 0.15) is 79.2 Å². The molecule has 0 aliphatic heterocycles. The molecule has 0 spiro atoms. The highest BCUT2D eigenvalue weighted by Gasteiger charge is 2.33. The summed E-state index contributed by atoms with van der Waals surface area (Å²) in [4.78, 5) is 4.98. The zero-order chi connectivity index (χ0) is 38.6. The fourth-order valence-corrected chi connectivity index (χ4v) is 8.81. The third kappa shape index (κ3) is 7.44. The number of benzene rings is 5. The molecule has 0 radical (unpaired) electrons. The van der Waals surface area contributed by atoms with Crippen LogP contribution in [0.4, 0.5) is 0 Å². The Morgan fingerprint density at radius 2 is 1.28 bits per heavy atom. The average molecular weight is 737 g/mol. The van der Waals surface area contributed by atoms with Crippen molar-refractivity contribution in [1.29, 1.82) is 0 Å². The molecule has 1 unspecified atom stereocenters. The molecule has 0 saturated heterocycles. The predicted octanol–water partition coefficient (Wildman–Crippen LogP) is 14.1. The molecule has 5 aromatic carbocycles. The number of fused-ring (bicyclic) bond motifs is 3. The van der Waals surface area contributed by atoms with E-state index in [4.69, 9.17) is 10.7 Å². The normalized spacial score (nSPS) is 17.6. The molecule has 278 valence electrons. The molecule has 0 bridgehead atoms. The van der Waals surface area contributed by atoms with Crippen molar-refractivity contribution in [3.05, 3.63) is 227 Å². The van der Waals surface area contributed by atoms with E-state index in [2.05, 4.69) is 189 Å². The van der Waals surface area contributed by atoms with Gasteiger partial charge in [-0.3, -0.25) is 0 Å². The topological polar surface area (TPSA) is 38.4 Å². The summed E-state index contributed by atoms with van der Waals surface area (Å²) in [6.07, 6.45) is 30.5. The Morgan fingerprint density at radius 3 is 2.02 bits per heavy atom. The fraction of sp³-hybridized carbons (Fsp3) is 0.145. The van der Waals surface area contributed by atoms with Gasteiger partial charge < -0.3 is 5.73 Å². The van der Waals surface area contributed by atoms with Gasteiger partial charge in [-0.2, -0.15) is 0 Å². The van der Waals surface area contributed by atoms with Crippen molar-refractivity contribution in [2.45, 2.75) is 51.4 Å². The van der Waals surface area contributed by atoms with Crippen molar-refractivity contribution in [2.24, 2.45) is 10.7 Å². The van der Waals surface area contributed by atoms with Gasteiger partial charge in [0, 0.05) is 11.5 Å². The highest BCUT2D eigenvalue weighted by Crippen LogP contribution is 2.53. The molecule has 9 rings (SSSR count). The van der Waals surface area contributed by atoms with Gasteiger partial charge in [0.1, 0.15) is 5.84 Å². The molecular weight excluding hydrogens is 689 g/mol. The van der Waals surface area contributed by atoms with Crippen molar-refractivity contribution in [1.82, 2.24) is 0 Å². The van der Waals surface area contributed by atoms with E-state index in [1.807, 2.05) is 0 Å². The zero-order valence-electron chi connectivity index (χ0n) is 32.7. The van der Waals surface area contributed by atoms with Gasteiger partial charge in [-0.1, -0.05) is 182 Å². The molecule has 5 aromatic rings. The maximum atomic E-state index is 6.58. The number of allylic oxidation sites excluding steroid dienone is 13. The standard InChI is InChI=1S/C55H48N2/c1-38-16-5-2-10-21-45(38)47-22-11-12-23-48(47)54-50-25-14-13-24-49(50)53-46(26-15-27-51(53)54)42-33-29-40(30-34-42)41-31-35-43(36-32-41)52(37-28-39-17-6-3-7-18-39)57-55(56)44-19-8-4-9-20-44/h2,5-6,8,11-27,29-37,54H,3-4,7,9-10,28H2,1H3,(H2,56,57)/b52-37-. The summed E-state index contributed by atoms with van der Waals surface area (Å²) in [6, 6.07) is 42.8. The number of aliphatic imine (C=N–C) groups is 1. The van der Waals surface area contributed by atoms with E-state index in [1.54, 1.807) is 0 Å². The number of hydrogen-bond acceptors (Lipinski definition) is 1. The van der Waals surface area contributed by atoms with Crippen molar-refractivity contribution in [2.75, 3.05) is 0 Å². The fourth-order valence-electron chi connectivity index (χ4n) is 8.81. The highest BCUT2D eigenvalue weighted by atomic mass is 14.9. The Bertz CT molecular complexity index is 2610. The van der Waals surface area contributed by atoms with Gasteiger partial charge in [0.25, 0.3) is 0 Å². The van der Waals surface area contributed by atoms with Crippen LogP contribution >= 0.6 is 0 Å². The molecule has 0 amide bonds. The first kappa shape index (κ1) is 36.1. The predicted molar refractivity (Wildman–Crippen MR) is 243 cm³/mol. The molecule has 0 heterocycles. The summed E-state index contributed by atoms with van der Waals surface area (Å²) in [5.74, 6) is 0.720. The van der Waals surface area contributed by atoms with Crippen LogP contribution in [0.15, 0.2) is 204 Å². The zero-order valence-corrected chi connectivity index (χ0v) is 32.7. The van der Waals surface area contributed by atoms with Gasteiger partial charge in [0.05, 0.1) is 5.70 Å². The lowest BCUT2D eigenvalue weighted by Gasteiger charge is -2.21. The van der Waals surface area contributed by atoms with Crippen LogP contribution in [0, 0.1) is 0 Å². The minimum Gasteiger partial charge on any atom is -0.383 e. The second kappa shape index (κ2) is 16.3. The van der Waals surface area contributed by atoms with Crippen LogP contribution in [0.3, 0.4) is 0 Å². The molecule has 4 aliphatic carbocycles. The second-order valence-electron chi connectivity index (χ2n) is 15.4. The van der Waals surface area contributed by atoms with Gasteiger partial charge in [-0.05, 0) is 123 Å². The number of hydrogen-bond donors (Lipinski definition) is 1. The van der Waals surface area contributed by atoms with Crippen molar-refractivity contribution >= 4 is 17.1 Å². The van der Waals surface area contributed by atoms with Gasteiger partial charge in [-0.15, -0.1) is 0 Å². The van der Waals surface area contributed by atoms with Crippen LogP contribution in [-0.4, -0.2) is 5.84 Å². The summed E-state index contributed by atoms with van der Waals surface area (Å²) in [5, 5.41) is 0. The van der Waals surface area contributed by atoms with Crippen LogP contribution in [-0.2, 0) is 0 Å². The Morgan fingerprint density at radius 1 is 0.632 bits per heavy atom. The van der Waals surface area contributed by atoms with Gasteiger partial charge in [0.15, 0.2) is 0 Å². The highest BCUT2D eigenvalue weighted by molar-refractivity contribution is 6.02. The van der Waals surface area contributed by atoms with E-state index in [0.717, 1.165) is 55.4 Å². The van der Waals surface area contributed by atoms with Gasteiger partial charge in [0.2, 0.25) is 0 Å². The molecule has 2 nitrogen and oxygen atoms in total. The first-order valence-electron chi connectivity index (χ1n) is 20.5. The van der Waals surface area contributed by atoms with Crippen LogP contribution in [0.2, 0.25) is 0 Å². The van der Waals surface area contributed by atoms with Crippen molar-refractivity contribution in [3.63, 3.8) is 0 Å². The molecule has 0 saturated carbocycles. The smallest absolute Gasteiger partial charge is 0.131 e. The van der Waals surface area contributed by atoms with E-state index < -0.39 is 0 Å². The summed E-state index contributed by atoms with van der Waals surface area (Å²) < 4.78 is 0. The first-order valence-corrected chi connectivity index (χ1v) is 20.5. The Kier molecular flexibility index (Phi) is 10.3. The average Bonchev–Trinajstić information content (AvgIpc) is 3.46. The number of amidine groups is 1. The van der Waals surface area contributed by atoms with Gasteiger partial charge in [-0.25, -0.2) is 4.99 Å². The lowest BCUT2D eigenvalue weighted by molar-refractivity contribution is 1.00. The summed E-state index contributed by atoms with van der Waals surface area (Å²) in [6.45, 7) is 2.23. The number of rotatable bonds is 9. The molecular formula is C55H48N2. The number of nitrogens with zero attached hydrogens (tertiary/aromatic N) is 1. The maximum Gasteiger partial charge on any atom is 0.131 e. The van der Waals surface area contributed by atoms with Crippen molar-refractivity contribution in [3.8, 4) is 33.4 Å². The third-order valence-corrected chi connectivity index (χ3v) is 11.7. The maximum absolute atomic E-state index is 6.58. The Balaban J connectivity index is 1.03. The SMILES string of the molecule is CC1=CC=CCC=C1c1ccccc1C1c2ccccc2-c2c(-c3ccc(-c4ccc(/C(=C/CC5=CCCC=C5)N=C(N)C5=CCCC=C5)cc4)cc3)cccc21. The van der Waals surface area contributed by atoms with E-state index >= 15 is 0 Å². The largest absolute Gasteiger partial charge is 0.383 e. The number of nitrogens with two attached hydrogens (primary N) is 1. The lowest BCUT2D eigenvalue weighted by atomic mass is 9.82. The molecule has 0 fully saturated rings. The quantitative estimate of drug-likeness (QED) is 0.116. The van der Waals surface area contributed by atoms with E-state index in [-0.39, 0.29) is 5.92 Å². The van der Waals surface area contributed by atoms with E-state index in [0.29, 0.717) is 5.84 Å². The van der Waals surface area contributed by atoms with Crippen LogP contribution in [0.25, 0.3) is 44.7 Å². The summed E-state index contributed by atoms with van der Waals surface area (Å²) >= 11 is 0. The molecule has 2 heteroatoms. The Labute approximate surface area is 337 Å². The van der Waals surface area contributed by atoms with Crippen LogP contribution < -0.4 is 5.73 Å². The Hall–Kier alpha value is -6.51. The summed E-state index contributed by atoms with van der Waals surface area (Å²) in [5.41, 5.74) is 26.4. The first-order chi connectivity index (χ1) is 28.1. The molecule has 1 atom stereocenters. The van der Waals surface area contributed by atoms with Crippen LogP contribution in [0.5, 0.6) is 0 Å². The van der Waals surface area contributed by atoms with Crippen molar-refractivity contribution < 1.29 is 0 Å². The molecule has 57 heavy (non-hydrogen) atoms. The van der Waals surface area contributed by atoms with E-state index in [1.165, 1.54) is 72.4 Å². The minimum absolute atomic E-state index is 0.153. The molecule has 0 aromatic heterocycles. The third-order valence-electron chi connectivity index (χ3n) is 11.7. The van der Waals surface area contributed by atoms with Gasteiger partial charge >= 0.3 is 0 Å². The molecule has 4 aliphatic rings. The van der Waals surface area contributed by atoms with E-state index in [9.17, 15) is 0 Å². The molecule has 2 N–H and O–H groups in total.